The average Bonchev–Trinajstić information content (AvgIpc) is 2.66. The average molecular weight is 384 g/mol. The number of fused-ring (bicyclic) bond motifs is 1. The first-order valence-corrected chi connectivity index (χ1v) is 9.90. The van der Waals surface area contributed by atoms with Gasteiger partial charge in [-0.3, -0.25) is 4.79 Å². The van der Waals surface area contributed by atoms with Crippen molar-refractivity contribution in [1.82, 2.24) is 0 Å². The van der Waals surface area contributed by atoms with E-state index in [1.54, 1.807) is 6.07 Å². The summed E-state index contributed by atoms with van der Waals surface area (Å²) in [7, 11) is 0. The van der Waals surface area contributed by atoms with Gasteiger partial charge in [0.25, 0.3) is 0 Å². The molecular formula is C23H28O5. The van der Waals surface area contributed by atoms with Gasteiger partial charge in [0.1, 0.15) is 34.7 Å². The Hall–Kier alpha value is -2.69. The van der Waals surface area contributed by atoms with Crippen LogP contribution in [0.4, 0.5) is 0 Å². The molecule has 0 aromatic heterocycles. The number of phenols is 1. The van der Waals surface area contributed by atoms with Crippen LogP contribution in [0.25, 0.3) is 0 Å². The topological polar surface area (TPSA) is 65.0 Å². The van der Waals surface area contributed by atoms with E-state index < -0.39 is 6.10 Å². The molecule has 0 saturated heterocycles. The molecule has 0 aliphatic carbocycles. The number of carbonyl (C=O) groups excluding carboxylic acids is 1. The van der Waals surface area contributed by atoms with Crippen LogP contribution in [0, 0.1) is 5.92 Å². The maximum Gasteiger partial charge on any atom is 0.174 e. The molecular weight excluding hydrogens is 356 g/mol. The molecule has 1 heterocycles. The molecule has 28 heavy (non-hydrogen) atoms. The number of ether oxygens (including phenoxy) is 3. The second-order valence-electron chi connectivity index (χ2n) is 7.53. The van der Waals surface area contributed by atoms with E-state index >= 15 is 0 Å². The predicted octanol–water partition coefficient (Wildman–Crippen LogP) is 5.31. The maximum absolute atomic E-state index is 12.6. The molecule has 1 N–H and O–H groups in total. The summed E-state index contributed by atoms with van der Waals surface area (Å²) in [5.74, 6) is 1.90. The Kier molecular flexibility index (Phi) is 6.45. The van der Waals surface area contributed by atoms with Gasteiger partial charge in [-0.2, -0.15) is 0 Å². The van der Waals surface area contributed by atoms with E-state index in [1.807, 2.05) is 24.3 Å². The Bertz CT molecular complexity index is 810. The van der Waals surface area contributed by atoms with Crippen molar-refractivity contribution in [3.8, 4) is 23.0 Å². The summed E-state index contributed by atoms with van der Waals surface area (Å²) in [4.78, 5) is 12.6. The summed E-state index contributed by atoms with van der Waals surface area (Å²) in [6, 6.07) is 10.8. The first-order valence-electron chi connectivity index (χ1n) is 9.90. The highest BCUT2D eigenvalue weighted by Crippen LogP contribution is 2.42. The third-order valence-corrected chi connectivity index (χ3v) is 4.58. The van der Waals surface area contributed by atoms with Crippen LogP contribution in [0.3, 0.4) is 0 Å². The number of hydrogen-bond acceptors (Lipinski definition) is 5. The molecule has 0 fully saturated rings. The fourth-order valence-electron chi connectivity index (χ4n) is 3.06. The van der Waals surface area contributed by atoms with Crippen molar-refractivity contribution in [1.29, 1.82) is 0 Å². The van der Waals surface area contributed by atoms with Gasteiger partial charge in [0.2, 0.25) is 0 Å². The van der Waals surface area contributed by atoms with Gasteiger partial charge in [-0.25, -0.2) is 0 Å². The molecule has 1 atom stereocenters. The van der Waals surface area contributed by atoms with Gasteiger partial charge in [-0.05, 0) is 30.0 Å². The summed E-state index contributed by atoms with van der Waals surface area (Å²) in [5, 5.41) is 10.3. The van der Waals surface area contributed by atoms with Crippen molar-refractivity contribution >= 4 is 5.78 Å². The van der Waals surface area contributed by atoms with Crippen molar-refractivity contribution in [3.05, 3.63) is 47.5 Å². The molecule has 5 nitrogen and oxygen atoms in total. The third-order valence-electron chi connectivity index (χ3n) is 4.58. The Morgan fingerprint density at radius 2 is 1.89 bits per heavy atom. The van der Waals surface area contributed by atoms with Crippen LogP contribution in [0.2, 0.25) is 0 Å². The Labute approximate surface area is 166 Å². The Balaban J connectivity index is 1.76. The predicted molar refractivity (Wildman–Crippen MR) is 108 cm³/mol. The summed E-state index contributed by atoms with van der Waals surface area (Å²) in [6.07, 6.45) is 1.73. The fourth-order valence-corrected chi connectivity index (χ4v) is 3.06. The largest absolute Gasteiger partial charge is 0.507 e. The summed E-state index contributed by atoms with van der Waals surface area (Å²) in [5.41, 5.74) is 1.13. The molecule has 3 rings (SSSR count). The first-order chi connectivity index (χ1) is 13.5. The van der Waals surface area contributed by atoms with Gasteiger partial charge in [0.05, 0.1) is 19.6 Å². The van der Waals surface area contributed by atoms with Crippen LogP contribution < -0.4 is 14.2 Å². The number of phenolic OH excluding ortho intramolecular Hbond substituents is 1. The lowest BCUT2D eigenvalue weighted by molar-refractivity contribution is 0.0844. The van der Waals surface area contributed by atoms with Crippen molar-refractivity contribution in [2.45, 2.75) is 46.1 Å². The van der Waals surface area contributed by atoms with Gasteiger partial charge < -0.3 is 19.3 Å². The lowest BCUT2D eigenvalue weighted by Gasteiger charge is -2.26. The van der Waals surface area contributed by atoms with Gasteiger partial charge >= 0.3 is 0 Å². The minimum absolute atomic E-state index is 0.0927. The molecule has 150 valence electrons. The van der Waals surface area contributed by atoms with E-state index in [0.29, 0.717) is 30.6 Å². The quantitative estimate of drug-likeness (QED) is 0.625. The van der Waals surface area contributed by atoms with E-state index in [0.717, 1.165) is 24.2 Å². The van der Waals surface area contributed by atoms with Crippen molar-refractivity contribution in [3.63, 3.8) is 0 Å². The van der Waals surface area contributed by atoms with E-state index in [4.69, 9.17) is 14.2 Å². The van der Waals surface area contributed by atoms with E-state index in [9.17, 15) is 9.90 Å². The van der Waals surface area contributed by atoms with Crippen LogP contribution >= 0.6 is 0 Å². The highest BCUT2D eigenvalue weighted by atomic mass is 16.5. The number of aromatic hydroxyl groups is 1. The normalized spacial score (nSPS) is 15.9. The molecule has 1 aliphatic heterocycles. The molecule has 2 aromatic rings. The number of rotatable bonds is 8. The van der Waals surface area contributed by atoms with Crippen molar-refractivity contribution < 1.29 is 24.1 Å². The maximum atomic E-state index is 12.6. The highest BCUT2D eigenvalue weighted by molar-refractivity contribution is 6.02. The summed E-state index contributed by atoms with van der Waals surface area (Å²) >= 11 is 0. The Morgan fingerprint density at radius 1 is 1.14 bits per heavy atom. The van der Waals surface area contributed by atoms with E-state index in [-0.39, 0.29) is 23.5 Å². The fraction of sp³-hybridized carbons (Fsp3) is 0.435. The van der Waals surface area contributed by atoms with Crippen LogP contribution in [-0.2, 0) is 0 Å². The molecule has 0 saturated carbocycles. The second kappa shape index (κ2) is 9.00. The van der Waals surface area contributed by atoms with E-state index in [1.165, 1.54) is 6.07 Å². The van der Waals surface area contributed by atoms with Gasteiger partial charge in [-0.15, -0.1) is 0 Å². The smallest absolute Gasteiger partial charge is 0.174 e. The highest BCUT2D eigenvalue weighted by Gasteiger charge is 2.31. The number of Topliss-reactive ketones (excluding diaryl/α,β-unsaturated/α-hetero) is 1. The van der Waals surface area contributed by atoms with E-state index in [2.05, 4.69) is 20.8 Å². The second-order valence-corrected chi connectivity index (χ2v) is 7.53. The lowest BCUT2D eigenvalue weighted by atomic mass is 9.95. The molecule has 0 amide bonds. The molecule has 2 aromatic carbocycles. The van der Waals surface area contributed by atoms with Crippen LogP contribution in [-0.4, -0.2) is 24.1 Å². The van der Waals surface area contributed by atoms with Crippen LogP contribution in [0.5, 0.6) is 23.0 Å². The van der Waals surface area contributed by atoms with Gasteiger partial charge in [0, 0.05) is 12.1 Å². The zero-order chi connectivity index (χ0) is 20.1. The SMILES string of the molecule is CCCCOc1cc(O)c2c(c1)OC(c1ccc(OCC(C)C)cc1)CC2=O. The molecule has 0 bridgehead atoms. The molecule has 1 unspecified atom stereocenters. The molecule has 5 heteroatoms. The van der Waals surface area contributed by atoms with Crippen molar-refractivity contribution in [2.24, 2.45) is 5.92 Å². The van der Waals surface area contributed by atoms with Gasteiger partial charge in [-0.1, -0.05) is 39.3 Å². The molecule has 0 spiro atoms. The van der Waals surface area contributed by atoms with Crippen LogP contribution in [0.1, 0.15) is 62.1 Å². The number of benzene rings is 2. The lowest BCUT2D eigenvalue weighted by Crippen LogP contribution is -2.20. The number of unbranched alkanes of at least 4 members (excludes halogenated alkanes) is 1. The summed E-state index contributed by atoms with van der Waals surface area (Å²) < 4.78 is 17.4. The van der Waals surface area contributed by atoms with Crippen molar-refractivity contribution in [2.75, 3.05) is 13.2 Å². The van der Waals surface area contributed by atoms with Gasteiger partial charge in [0.15, 0.2) is 5.78 Å². The van der Waals surface area contributed by atoms with Crippen LogP contribution in [0.15, 0.2) is 36.4 Å². The third kappa shape index (κ3) is 4.77. The minimum atomic E-state index is -0.399. The minimum Gasteiger partial charge on any atom is -0.507 e. The zero-order valence-electron chi connectivity index (χ0n) is 16.7. The number of hydrogen-bond donors (Lipinski definition) is 1. The Morgan fingerprint density at radius 3 is 2.57 bits per heavy atom. The molecule has 1 aliphatic rings. The number of carbonyl (C=O) groups is 1. The molecule has 0 radical (unpaired) electrons. The summed E-state index contributed by atoms with van der Waals surface area (Å²) in [6.45, 7) is 7.50. The monoisotopic (exact) mass is 384 g/mol. The standard InChI is InChI=1S/C23H28O5/c1-4-5-10-26-18-11-19(24)23-20(25)13-21(28-22(23)12-18)16-6-8-17(9-7-16)27-14-15(2)3/h6-9,11-12,15,21,24H,4-5,10,13-14H2,1-3H3. The number of ketones is 1. The zero-order valence-corrected chi connectivity index (χ0v) is 16.7. The first kappa shape index (κ1) is 20.1.